The van der Waals surface area contributed by atoms with Crippen LogP contribution in [0.15, 0.2) is 0 Å². The molecule has 25 heteroatoms. The summed E-state index contributed by atoms with van der Waals surface area (Å²) in [5, 5.41) is 129. The molecule has 1 unspecified atom stereocenters. The number of nitrogens with one attached hydrogen (secondary N) is 2. The van der Waals surface area contributed by atoms with Gasteiger partial charge < -0.3 is 105 Å². The third-order valence-corrected chi connectivity index (χ3v) is 8.94. The van der Waals surface area contributed by atoms with E-state index in [-0.39, 0.29) is 0 Å². The summed E-state index contributed by atoms with van der Waals surface area (Å²) in [6, 6.07) is -3.38. The second-order valence-electron chi connectivity index (χ2n) is 12.7. The van der Waals surface area contributed by atoms with Crippen molar-refractivity contribution in [3.8, 4) is 0 Å². The number of carbonyl (C=O) groups excluding carboxylic acids is 2. The molecule has 20 atom stereocenters. The highest BCUT2D eigenvalue weighted by molar-refractivity contribution is 5.74. The molecular formula is C28H44N2O23. The molecule has 0 radical (unpaired) electrons. The Morgan fingerprint density at radius 3 is 1.43 bits per heavy atom. The first-order chi connectivity index (χ1) is 24.8. The Morgan fingerprint density at radius 1 is 0.509 bits per heavy atom. The van der Waals surface area contributed by atoms with Gasteiger partial charge in [0.1, 0.15) is 85.3 Å². The number of aliphatic carboxylic acids is 2. The van der Waals surface area contributed by atoms with E-state index in [4.69, 9.17) is 33.2 Å². The first-order valence-corrected chi connectivity index (χ1v) is 16.1. The number of carbonyl (C=O) groups is 4. The molecule has 304 valence electrons. The fourth-order valence-electron chi connectivity index (χ4n) is 6.30. The van der Waals surface area contributed by atoms with Crippen molar-refractivity contribution >= 4 is 23.8 Å². The predicted molar refractivity (Wildman–Crippen MR) is 158 cm³/mol. The predicted octanol–water partition coefficient (Wildman–Crippen LogP) is -9.28. The van der Waals surface area contributed by atoms with Crippen molar-refractivity contribution in [3.05, 3.63) is 0 Å². The van der Waals surface area contributed by atoms with E-state index in [0.29, 0.717) is 0 Å². The summed E-state index contributed by atoms with van der Waals surface area (Å²) in [6.07, 6.45) is -36.5. The van der Waals surface area contributed by atoms with Gasteiger partial charge in [0.15, 0.2) is 37.4 Å². The number of aliphatic hydroxyl groups excluding tert-OH is 10. The molecule has 4 heterocycles. The number of aliphatic hydroxyl groups is 10. The first kappa shape index (κ1) is 42.9. The maximum atomic E-state index is 12.5. The van der Waals surface area contributed by atoms with Crippen LogP contribution in [0.1, 0.15) is 13.8 Å². The van der Waals surface area contributed by atoms with Gasteiger partial charge in [-0.25, -0.2) is 9.59 Å². The average Bonchev–Trinajstić information content (AvgIpc) is 3.08. The molecule has 0 aliphatic carbocycles. The summed E-state index contributed by atoms with van der Waals surface area (Å²) in [7, 11) is 0. The van der Waals surface area contributed by atoms with Gasteiger partial charge >= 0.3 is 11.9 Å². The van der Waals surface area contributed by atoms with Gasteiger partial charge in [0.25, 0.3) is 0 Å². The van der Waals surface area contributed by atoms with Crippen LogP contribution in [0.2, 0.25) is 0 Å². The van der Waals surface area contributed by atoms with E-state index in [9.17, 15) is 80.5 Å². The van der Waals surface area contributed by atoms with E-state index in [1.54, 1.807) is 0 Å². The maximum Gasteiger partial charge on any atom is 0.335 e. The lowest BCUT2D eigenvalue weighted by atomic mass is 9.94. The van der Waals surface area contributed by atoms with Gasteiger partial charge in [-0.3, -0.25) is 9.59 Å². The fourth-order valence-corrected chi connectivity index (χ4v) is 6.30. The van der Waals surface area contributed by atoms with E-state index in [0.717, 1.165) is 13.8 Å². The average molecular weight is 777 g/mol. The number of ether oxygens (including phenoxy) is 7. The topological polar surface area (TPSA) is 400 Å². The smallest absolute Gasteiger partial charge is 0.335 e. The molecule has 4 fully saturated rings. The summed E-state index contributed by atoms with van der Waals surface area (Å²) in [5.41, 5.74) is 0. The van der Waals surface area contributed by atoms with Crippen molar-refractivity contribution in [1.82, 2.24) is 10.6 Å². The van der Waals surface area contributed by atoms with Crippen molar-refractivity contribution < 1.29 is 114 Å². The van der Waals surface area contributed by atoms with Crippen molar-refractivity contribution in [1.29, 1.82) is 0 Å². The zero-order valence-corrected chi connectivity index (χ0v) is 27.8. The van der Waals surface area contributed by atoms with Crippen molar-refractivity contribution in [2.75, 3.05) is 13.2 Å². The molecule has 4 aliphatic heterocycles. The Hall–Kier alpha value is -2.80. The monoisotopic (exact) mass is 776 g/mol. The zero-order valence-electron chi connectivity index (χ0n) is 27.8. The van der Waals surface area contributed by atoms with Gasteiger partial charge in [0, 0.05) is 13.8 Å². The standard InChI is InChI=1S/C28H44N2O23/c1-5(33)29-9-18(11(35)7(3-31)47-25(9)46)49-28-17(41)15(39)20(22(53-28)24(44)45)51-26-10(30-6(2)34)19(12(36)8(4-32)48-26)50-27-16(40)13(37)14(38)21(52-27)23(42)43/h7-22,25-28,31-32,35-41,46H,3-4H2,1-2H3,(H,29,33)(H,30,34)(H,42,43)(H,44,45)/t7-,8-,9-,10-,11+,12+,13+,14+,15-,16-,17-,18-,19-,20+,21+,22+,25?,26+,27-,28-/m1/s1. The Balaban J connectivity index is 1.62. The SMILES string of the molecule is CC(=O)N[C@H]1[C@H](O[C@H]2[C@H](O)[C@@H](O)[C@H](O[C@H]3[C@@H](O)[C@@H](CO)OC(O)[C@@H]3NC(C)=O)O[C@@H]2C(=O)O)O[C@H](CO)[C@H](O)[C@@H]1O[C@@H]1O[C@H](C(=O)O)[C@@H](O)[C@H](O)[C@H]1O. The van der Waals surface area contributed by atoms with E-state index in [2.05, 4.69) is 10.6 Å². The highest BCUT2D eigenvalue weighted by Crippen LogP contribution is 2.34. The Kier molecular flexibility index (Phi) is 14.4. The molecule has 4 aliphatic rings. The molecule has 0 saturated carbocycles. The minimum atomic E-state index is -2.30. The summed E-state index contributed by atoms with van der Waals surface area (Å²) in [5.74, 6) is -5.28. The molecule has 25 nitrogen and oxygen atoms in total. The molecular weight excluding hydrogens is 732 g/mol. The van der Waals surface area contributed by atoms with Crippen LogP contribution < -0.4 is 10.6 Å². The number of carboxylic acid groups (broad SMARTS) is 2. The van der Waals surface area contributed by atoms with Gasteiger partial charge in [0.05, 0.1) is 13.2 Å². The highest BCUT2D eigenvalue weighted by Gasteiger charge is 2.57. The van der Waals surface area contributed by atoms with E-state index >= 15 is 0 Å². The minimum absolute atomic E-state index is 0.752. The first-order valence-electron chi connectivity index (χ1n) is 16.1. The fraction of sp³-hybridized carbons (Fsp3) is 0.857. The van der Waals surface area contributed by atoms with Crippen LogP contribution in [0, 0.1) is 0 Å². The van der Waals surface area contributed by atoms with E-state index < -0.39 is 160 Å². The van der Waals surface area contributed by atoms with Crippen molar-refractivity contribution in [3.63, 3.8) is 0 Å². The van der Waals surface area contributed by atoms with Crippen LogP contribution in [0.5, 0.6) is 0 Å². The van der Waals surface area contributed by atoms with E-state index in [1.807, 2.05) is 0 Å². The molecule has 2 amide bonds. The number of amides is 2. The normalized spacial score (nSPS) is 46.3. The second-order valence-corrected chi connectivity index (χ2v) is 12.7. The Morgan fingerprint density at radius 2 is 0.943 bits per heavy atom. The lowest BCUT2D eigenvalue weighted by Crippen LogP contribution is -2.70. The summed E-state index contributed by atoms with van der Waals surface area (Å²) >= 11 is 0. The molecule has 0 bridgehead atoms. The molecule has 0 aromatic rings. The molecule has 0 aromatic carbocycles. The van der Waals surface area contributed by atoms with Crippen LogP contribution in [0.3, 0.4) is 0 Å². The highest BCUT2D eigenvalue weighted by atomic mass is 16.8. The summed E-state index contributed by atoms with van der Waals surface area (Å²) in [4.78, 5) is 48.2. The summed E-state index contributed by atoms with van der Waals surface area (Å²) in [6.45, 7) is 0.116. The van der Waals surface area contributed by atoms with Gasteiger partial charge in [-0.15, -0.1) is 0 Å². The molecule has 0 spiro atoms. The zero-order chi connectivity index (χ0) is 39.6. The number of carboxylic acids is 2. The van der Waals surface area contributed by atoms with Gasteiger partial charge in [-0.05, 0) is 0 Å². The molecule has 4 saturated heterocycles. The van der Waals surface area contributed by atoms with Crippen LogP contribution in [-0.2, 0) is 52.3 Å². The quantitative estimate of drug-likeness (QED) is 0.0875. The lowest BCUT2D eigenvalue weighted by molar-refractivity contribution is -0.368. The van der Waals surface area contributed by atoms with Crippen LogP contribution in [0.4, 0.5) is 0 Å². The van der Waals surface area contributed by atoms with Crippen LogP contribution in [0.25, 0.3) is 0 Å². The number of rotatable bonds is 12. The number of hydrogen-bond donors (Lipinski definition) is 14. The molecule has 14 N–H and O–H groups in total. The molecule has 53 heavy (non-hydrogen) atoms. The minimum Gasteiger partial charge on any atom is -0.479 e. The molecule has 0 aromatic heterocycles. The van der Waals surface area contributed by atoms with Gasteiger partial charge in [-0.2, -0.15) is 0 Å². The maximum absolute atomic E-state index is 12.5. The second kappa shape index (κ2) is 17.8. The van der Waals surface area contributed by atoms with E-state index in [1.165, 1.54) is 0 Å². The summed E-state index contributed by atoms with van der Waals surface area (Å²) < 4.78 is 38.0. The third kappa shape index (κ3) is 9.19. The lowest BCUT2D eigenvalue weighted by Gasteiger charge is -2.49. The number of hydrogen-bond acceptors (Lipinski definition) is 21. The van der Waals surface area contributed by atoms with Crippen LogP contribution >= 0.6 is 0 Å². The van der Waals surface area contributed by atoms with Gasteiger partial charge in [-0.1, -0.05) is 0 Å². The van der Waals surface area contributed by atoms with Crippen LogP contribution in [-0.4, -0.2) is 221 Å². The van der Waals surface area contributed by atoms with Gasteiger partial charge in [0.2, 0.25) is 11.8 Å². The largest absolute Gasteiger partial charge is 0.479 e. The Labute approximate surface area is 298 Å². The molecule has 4 rings (SSSR count). The third-order valence-electron chi connectivity index (χ3n) is 8.94. The van der Waals surface area contributed by atoms with Crippen molar-refractivity contribution in [2.24, 2.45) is 0 Å². The Bertz CT molecular complexity index is 1300. The van der Waals surface area contributed by atoms with Crippen molar-refractivity contribution in [2.45, 2.75) is 137 Å².